The second kappa shape index (κ2) is 12.1. The number of rotatable bonds is 12. The van der Waals surface area contributed by atoms with Crippen LogP contribution in [-0.2, 0) is 9.47 Å². The van der Waals surface area contributed by atoms with Gasteiger partial charge in [-0.25, -0.2) is 4.98 Å². The molecule has 0 fully saturated rings. The van der Waals surface area contributed by atoms with Crippen LogP contribution < -0.4 is 9.64 Å². The molecule has 1 N–H and O–H groups in total. The third-order valence-corrected chi connectivity index (χ3v) is 3.72. The highest BCUT2D eigenvalue weighted by Gasteiger charge is 1.97. The Morgan fingerprint density at radius 1 is 0.852 bits per heavy atom. The van der Waals surface area contributed by atoms with Crippen LogP contribution >= 0.6 is 0 Å². The maximum absolute atomic E-state index is 8.57. The van der Waals surface area contributed by atoms with Crippen molar-refractivity contribution in [3.63, 3.8) is 0 Å². The van der Waals surface area contributed by atoms with Crippen molar-refractivity contribution in [1.29, 1.82) is 0 Å². The molecule has 1 aromatic carbocycles. The van der Waals surface area contributed by atoms with Gasteiger partial charge in [-0.05, 0) is 29.3 Å². The molecule has 2 rings (SSSR count). The Morgan fingerprint density at radius 3 is 2.11 bits per heavy atom. The number of hydrogen-bond donors (Lipinski definition) is 1. The molecule has 2 aromatic rings. The molecule has 0 aliphatic carbocycles. The number of pyridine rings is 1. The standard InChI is InChI=1S/C21H28N2O4/c1-23(2)20-8-5-18(6-9-20)3-4-19-7-10-21(22-17-19)27-16-15-26-14-13-25-12-11-24/h3-10,17,24H,11-16H2,1-2H3. The molecule has 0 spiro atoms. The van der Waals surface area contributed by atoms with Gasteiger partial charge in [0, 0.05) is 32.0 Å². The Hall–Kier alpha value is -2.41. The molecule has 1 heterocycles. The molecule has 1 aromatic heterocycles. The fraction of sp³-hybridized carbons (Fsp3) is 0.381. The van der Waals surface area contributed by atoms with Gasteiger partial charge in [0.15, 0.2) is 0 Å². The van der Waals surface area contributed by atoms with Gasteiger partial charge in [0.1, 0.15) is 6.61 Å². The zero-order valence-electron chi connectivity index (χ0n) is 16.0. The lowest BCUT2D eigenvalue weighted by molar-refractivity contribution is 0.0243. The summed E-state index contributed by atoms with van der Waals surface area (Å²) in [5, 5.41) is 8.57. The van der Waals surface area contributed by atoms with E-state index >= 15 is 0 Å². The van der Waals surface area contributed by atoms with Crippen molar-refractivity contribution in [3.8, 4) is 5.88 Å². The number of aromatic nitrogens is 1. The van der Waals surface area contributed by atoms with Gasteiger partial charge in [0.2, 0.25) is 5.88 Å². The highest BCUT2D eigenvalue weighted by Crippen LogP contribution is 2.15. The van der Waals surface area contributed by atoms with E-state index in [9.17, 15) is 0 Å². The van der Waals surface area contributed by atoms with E-state index in [2.05, 4.69) is 40.2 Å². The summed E-state index contributed by atoms with van der Waals surface area (Å²) in [7, 11) is 4.06. The summed E-state index contributed by atoms with van der Waals surface area (Å²) in [6.45, 7) is 2.22. The second-order valence-electron chi connectivity index (χ2n) is 6.05. The van der Waals surface area contributed by atoms with Gasteiger partial charge in [-0.3, -0.25) is 0 Å². The number of anilines is 1. The van der Waals surface area contributed by atoms with Gasteiger partial charge < -0.3 is 24.2 Å². The fourth-order valence-electron chi connectivity index (χ4n) is 2.24. The number of ether oxygens (including phenoxy) is 3. The zero-order chi connectivity index (χ0) is 19.3. The van der Waals surface area contributed by atoms with E-state index in [1.807, 2.05) is 32.3 Å². The average molecular weight is 372 g/mol. The molecule has 0 aliphatic rings. The van der Waals surface area contributed by atoms with Gasteiger partial charge in [-0.1, -0.05) is 24.3 Å². The molecule has 0 aliphatic heterocycles. The Bertz CT molecular complexity index is 670. The Morgan fingerprint density at radius 2 is 1.48 bits per heavy atom. The minimum atomic E-state index is 0.0305. The molecule has 6 heteroatoms. The summed E-state index contributed by atoms with van der Waals surface area (Å²) in [6, 6.07) is 12.2. The monoisotopic (exact) mass is 372 g/mol. The molecular weight excluding hydrogens is 344 g/mol. The van der Waals surface area contributed by atoms with Crippen molar-refractivity contribution in [2.75, 3.05) is 58.6 Å². The van der Waals surface area contributed by atoms with Gasteiger partial charge in [0.25, 0.3) is 0 Å². The summed E-state index contributed by atoms with van der Waals surface area (Å²) in [4.78, 5) is 6.37. The lowest BCUT2D eigenvalue weighted by Gasteiger charge is -2.11. The Kier molecular flexibility index (Phi) is 9.34. The van der Waals surface area contributed by atoms with Gasteiger partial charge in [0.05, 0.1) is 33.0 Å². The van der Waals surface area contributed by atoms with Crippen LogP contribution in [0.3, 0.4) is 0 Å². The van der Waals surface area contributed by atoms with E-state index in [1.165, 1.54) is 5.69 Å². The van der Waals surface area contributed by atoms with Crippen LogP contribution in [0.1, 0.15) is 11.1 Å². The minimum absolute atomic E-state index is 0.0305. The first-order chi connectivity index (χ1) is 13.2. The highest BCUT2D eigenvalue weighted by atomic mass is 16.5. The van der Waals surface area contributed by atoms with E-state index in [0.29, 0.717) is 38.9 Å². The summed E-state index contributed by atoms with van der Waals surface area (Å²) in [5.41, 5.74) is 3.33. The van der Waals surface area contributed by atoms with Crippen molar-refractivity contribution < 1.29 is 19.3 Å². The van der Waals surface area contributed by atoms with Crippen LogP contribution in [0.15, 0.2) is 42.6 Å². The van der Waals surface area contributed by atoms with E-state index in [-0.39, 0.29) is 6.61 Å². The largest absolute Gasteiger partial charge is 0.475 e. The van der Waals surface area contributed by atoms with Crippen LogP contribution in [-0.4, -0.2) is 63.8 Å². The normalized spacial score (nSPS) is 11.1. The van der Waals surface area contributed by atoms with Gasteiger partial charge in [-0.15, -0.1) is 0 Å². The summed E-state index contributed by atoms with van der Waals surface area (Å²) >= 11 is 0. The van der Waals surface area contributed by atoms with E-state index in [4.69, 9.17) is 19.3 Å². The Balaban J connectivity index is 1.70. The molecule has 27 heavy (non-hydrogen) atoms. The zero-order valence-corrected chi connectivity index (χ0v) is 16.0. The van der Waals surface area contributed by atoms with Gasteiger partial charge in [-0.2, -0.15) is 0 Å². The average Bonchev–Trinajstić information content (AvgIpc) is 2.69. The van der Waals surface area contributed by atoms with E-state index in [1.54, 1.807) is 6.20 Å². The van der Waals surface area contributed by atoms with Gasteiger partial charge >= 0.3 is 0 Å². The van der Waals surface area contributed by atoms with Crippen molar-refractivity contribution in [2.45, 2.75) is 0 Å². The predicted octanol–water partition coefficient (Wildman–Crippen LogP) is 2.72. The van der Waals surface area contributed by atoms with Crippen molar-refractivity contribution in [1.82, 2.24) is 4.98 Å². The molecule has 0 radical (unpaired) electrons. The SMILES string of the molecule is CN(C)c1ccc(C=Cc2ccc(OCCOCCOCCO)nc2)cc1. The predicted molar refractivity (Wildman–Crippen MR) is 108 cm³/mol. The molecule has 0 amide bonds. The van der Waals surface area contributed by atoms with Crippen molar-refractivity contribution in [3.05, 3.63) is 53.7 Å². The number of hydrogen-bond acceptors (Lipinski definition) is 6. The van der Waals surface area contributed by atoms with Crippen molar-refractivity contribution >= 4 is 17.8 Å². The van der Waals surface area contributed by atoms with E-state index < -0.39 is 0 Å². The summed E-state index contributed by atoms with van der Waals surface area (Å²) < 4.78 is 16.0. The molecule has 146 valence electrons. The van der Waals surface area contributed by atoms with Crippen LogP contribution in [0, 0.1) is 0 Å². The lowest BCUT2D eigenvalue weighted by atomic mass is 10.1. The summed E-state index contributed by atoms with van der Waals surface area (Å²) in [6.07, 6.45) is 5.87. The van der Waals surface area contributed by atoms with Crippen LogP contribution in [0.2, 0.25) is 0 Å². The molecular formula is C21H28N2O4. The number of aliphatic hydroxyl groups is 1. The first kappa shape index (κ1) is 20.9. The first-order valence-electron chi connectivity index (χ1n) is 8.99. The van der Waals surface area contributed by atoms with E-state index in [0.717, 1.165) is 11.1 Å². The van der Waals surface area contributed by atoms with Crippen LogP contribution in [0.5, 0.6) is 5.88 Å². The smallest absolute Gasteiger partial charge is 0.213 e. The topological polar surface area (TPSA) is 64.1 Å². The fourth-order valence-corrected chi connectivity index (χ4v) is 2.24. The first-order valence-corrected chi connectivity index (χ1v) is 8.99. The Labute approximate surface area is 161 Å². The molecule has 0 saturated heterocycles. The third-order valence-electron chi connectivity index (χ3n) is 3.72. The molecule has 0 atom stereocenters. The molecule has 6 nitrogen and oxygen atoms in total. The number of nitrogens with zero attached hydrogens (tertiary/aromatic N) is 2. The maximum Gasteiger partial charge on any atom is 0.213 e. The molecule has 0 unspecified atom stereocenters. The van der Waals surface area contributed by atoms with Crippen molar-refractivity contribution in [2.24, 2.45) is 0 Å². The molecule has 0 saturated carbocycles. The molecule has 0 bridgehead atoms. The number of aliphatic hydroxyl groups excluding tert-OH is 1. The number of benzene rings is 1. The van der Waals surface area contributed by atoms with Crippen LogP contribution in [0.25, 0.3) is 12.2 Å². The van der Waals surface area contributed by atoms with Crippen LogP contribution in [0.4, 0.5) is 5.69 Å². The maximum atomic E-state index is 8.57. The summed E-state index contributed by atoms with van der Waals surface area (Å²) in [5.74, 6) is 0.572. The highest BCUT2D eigenvalue weighted by molar-refractivity contribution is 5.70. The lowest BCUT2D eigenvalue weighted by Crippen LogP contribution is -2.12. The third kappa shape index (κ3) is 8.21. The quantitative estimate of drug-likeness (QED) is 0.578. The second-order valence-corrected chi connectivity index (χ2v) is 6.05. The minimum Gasteiger partial charge on any atom is -0.475 e.